The number of benzene rings is 2. The summed E-state index contributed by atoms with van der Waals surface area (Å²) >= 11 is 9.59. The molecule has 7 heteroatoms. The van der Waals surface area contributed by atoms with Crippen molar-refractivity contribution in [2.45, 2.75) is 19.4 Å². The van der Waals surface area contributed by atoms with Crippen LogP contribution in [0.3, 0.4) is 0 Å². The zero-order valence-corrected chi connectivity index (χ0v) is 17.8. The van der Waals surface area contributed by atoms with Gasteiger partial charge in [-0.2, -0.15) is 0 Å². The average Bonchev–Trinajstić information content (AvgIpc) is 2.69. The summed E-state index contributed by atoms with van der Waals surface area (Å²) in [5, 5.41) is 3.37. The van der Waals surface area contributed by atoms with E-state index in [0.29, 0.717) is 30.3 Å². The number of rotatable bonds is 9. The molecular weight excluding hydrogens is 446 g/mol. The minimum absolute atomic E-state index is 0.248. The molecule has 2 rings (SSSR count). The molecule has 0 fully saturated rings. The quantitative estimate of drug-likeness (QED) is 0.329. The lowest BCUT2D eigenvalue weighted by molar-refractivity contribution is -0.140. The SMILES string of the molecule is COC(=O)CCCNC(=O)/C=C/c1cc(Br)ccc1OCc1ccccc1Cl. The van der Waals surface area contributed by atoms with Gasteiger partial charge in [0.15, 0.2) is 0 Å². The molecule has 0 bridgehead atoms. The molecule has 0 radical (unpaired) electrons. The Morgan fingerprint density at radius 2 is 2.00 bits per heavy atom. The van der Waals surface area contributed by atoms with Gasteiger partial charge in [-0.25, -0.2) is 0 Å². The Bertz CT molecular complexity index is 854. The van der Waals surface area contributed by atoms with E-state index in [-0.39, 0.29) is 18.3 Å². The Morgan fingerprint density at radius 1 is 1.21 bits per heavy atom. The van der Waals surface area contributed by atoms with E-state index >= 15 is 0 Å². The average molecular weight is 467 g/mol. The van der Waals surface area contributed by atoms with E-state index in [1.54, 1.807) is 6.08 Å². The zero-order chi connectivity index (χ0) is 20.4. The van der Waals surface area contributed by atoms with Crippen LogP contribution in [-0.4, -0.2) is 25.5 Å². The van der Waals surface area contributed by atoms with E-state index < -0.39 is 0 Å². The molecule has 0 unspecified atom stereocenters. The lowest BCUT2D eigenvalue weighted by atomic mass is 10.2. The Morgan fingerprint density at radius 3 is 2.75 bits per heavy atom. The van der Waals surface area contributed by atoms with E-state index in [2.05, 4.69) is 26.0 Å². The molecule has 0 saturated heterocycles. The van der Waals surface area contributed by atoms with Crippen LogP contribution in [0.25, 0.3) is 6.08 Å². The van der Waals surface area contributed by atoms with E-state index in [0.717, 1.165) is 15.6 Å². The van der Waals surface area contributed by atoms with Gasteiger partial charge in [0, 0.05) is 39.7 Å². The Hall–Kier alpha value is -2.31. The monoisotopic (exact) mass is 465 g/mol. The maximum Gasteiger partial charge on any atom is 0.305 e. The highest BCUT2D eigenvalue weighted by molar-refractivity contribution is 9.10. The van der Waals surface area contributed by atoms with E-state index in [9.17, 15) is 9.59 Å². The summed E-state index contributed by atoms with van der Waals surface area (Å²) < 4.78 is 11.3. The van der Waals surface area contributed by atoms with E-state index in [1.807, 2.05) is 42.5 Å². The molecule has 0 aromatic heterocycles. The van der Waals surface area contributed by atoms with Gasteiger partial charge in [0.05, 0.1) is 7.11 Å². The maximum absolute atomic E-state index is 12.0. The van der Waals surface area contributed by atoms with Gasteiger partial charge >= 0.3 is 5.97 Å². The summed E-state index contributed by atoms with van der Waals surface area (Å²) in [6.45, 7) is 0.717. The van der Waals surface area contributed by atoms with E-state index in [1.165, 1.54) is 13.2 Å². The molecule has 0 aliphatic rings. The van der Waals surface area contributed by atoms with Crippen LogP contribution >= 0.6 is 27.5 Å². The first-order chi connectivity index (χ1) is 13.5. The second-order valence-corrected chi connectivity index (χ2v) is 7.19. The third-order valence-corrected chi connectivity index (χ3v) is 4.67. The summed E-state index contributed by atoms with van der Waals surface area (Å²) in [6.07, 6.45) is 3.91. The van der Waals surface area contributed by atoms with Crippen LogP contribution in [-0.2, 0) is 20.9 Å². The first kappa shape index (κ1) is 22.0. The topological polar surface area (TPSA) is 64.6 Å². The van der Waals surface area contributed by atoms with Gasteiger partial charge in [-0.05, 0) is 36.8 Å². The number of halogens is 2. The molecule has 2 aromatic carbocycles. The standard InChI is InChI=1S/C21H21BrClNO4/c1-27-21(26)7-4-12-24-20(25)11-8-15-13-17(22)9-10-19(15)28-14-16-5-2-3-6-18(16)23/h2-3,5-6,8-11,13H,4,7,12,14H2,1H3,(H,24,25)/b11-8+. The van der Waals surface area contributed by atoms with Crippen molar-refractivity contribution in [1.82, 2.24) is 5.32 Å². The molecule has 1 amide bonds. The summed E-state index contributed by atoms with van der Waals surface area (Å²) in [5.74, 6) is 0.0963. The van der Waals surface area contributed by atoms with Gasteiger partial charge in [0.2, 0.25) is 5.91 Å². The number of carbonyl (C=O) groups excluding carboxylic acids is 2. The number of methoxy groups -OCH3 is 1. The highest BCUT2D eigenvalue weighted by Gasteiger charge is 2.06. The van der Waals surface area contributed by atoms with Gasteiger partial charge in [0.1, 0.15) is 12.4 Å². The van der Waals surface area contributed by atoms with Crippen LogP contribution < -0.4 is 10.1 Å². The van der Waals surface area contributed by atoms with Crippen molar-refractivity contribution in [2.75, 3.05) is 13.7 Å². The molecule has 1 N–H and O–H groups in total. The largest absolute Gasteiger partial charge is 0.488 e. The molecule has 0 aliphatic heterocycles. The van der Waals surface area contributed by atoms with Crippen LogP contribution in [0.4, 0.5) is 0 Å². The maximum atomic E-state index is 12.0. The van der Waals surface area contributed by atoms with Crippen molar-refractivity contribution in [3.63, 3.8) is 0 Å². The number of carbonyl (C=O) groups is 2. The molecule has 5 nitrogen and oxygen atoms in total. The normalized spacial score (nSPS) is 10.7. The smallest absolute Gasteiger partial charge is 0.305 e. The van der Waals surface area contributed by atoms with Crippen LogP contribution in [0.1, 0.15) is 24.0 Å². The van der Waals surface area contributed by atoms with Gasteiger partial charge in [-0.1, -0.05) is 45.7 Å². The number of esters is 1. The van der Waals surface area contributed by atoms with Gasteiger partial charge < -0.3 is 14.8 Å². The van der Waals surface area contributed by atoms with Crippen molar-refractivity contribution < 1.29 is 19.1 Å². The third kappa shape index (κ3) is 7.37. The van der Waals surface area contributed by atoms with Crippen LogP contribution in [0.15, 0.2) is 53.0 Å². The van der Waals surface area contributed by atoms with Crippen molar-refractivity contribution in [3.8, 4) is 5.75 Å². The molecule has 2 aromatic rings. The predicted octanol–water partition coefficient (Wildman–Crippen LogP) is 4.76. The highest BCUT2D eigenvalue weighted by atomic mass is 79.9. The second-order valence-electron chi connectivity index (χ2n) is 5.87. The Balaban J connectivity index is 1.95. The Labute approximate surface area is 177 Å². The van der Waals surface area contributed by atoms with Crippen molar-refractivity contribution in [2.24, 2.45) is 0 Å². The van der Waals surface area contributed by atoms with Crippen LogP contribution in [0.2, 0.25) is 5.02 Å². The predicted molar refractivity (Wildman–Crippen MR) is 113 cm³/mol. The Kier molecular flexibility index (Phi) is 9.04. The third-order valence-electron chi connectivity index (χ3n) is 3.81. The summed E-state index contributed by atoms with van der Waals surface area (Å²) in [5.41, 5.74) is 1.64. The first-order valence-electron chi connectivity index (χ1n) is 8.68. The molecular formula is C21H21BrClNO4. The lowest BCUT2D eigenvalue weighted by Crippen LogP contribution is -2.22. The summed E-state index contributed by atoms with van der Waals surface area (Å²) in [7, 11) is 1.34. The molecule has 28 heavy (non-hydrogen) atoms. The van der Waals surface area contributed by atoms with Gasteiger partial charge in [-0.15, -0.1) is 0 Å². The van der Waals surface area contributed by atoms with Crippen molar-refractivity contribution >= 4 is 45.5 Å². The number of nitrogens with one attached hydrogen (secondary N) is 1. The number of hydrogen-bond acceptors (Lipinski definition) is 4. The fourth-order valence-corrected chi connectivity index (χ4v) is 2.89. The summed E-state index contributed by atoms with van der Waals surface area (Å²) in [4.78, 5) is 23.0. The highest BCUT2D eigenvalue weighted by Crippen LogP contribution is 2.26. The summed E-state index contributed by atoms with van der Waals surface area (Å²) in [6, 6.07) is 13.0. The number of hydrogen-bond donors (Lipinski definition) is 1. The molecule has 148 valence electrons. The van der Waals surface area contributed by atoms with Gasteiger partial charge in [0.25, 0.3) is 0 Å². The van der Waals surface area contributed by atoms with E-state index in [4.69, 9.17) is 16.3 Å². The molecule has 0 spiro atoms. The number of amides is 1. The minimum Gasteiger partial charge on any atom is -0.488 e. The molecule has 0 atom stereocenters. The van der Waals surface area contributed by atoms with Crippen LogP contribution in [0, 0.1) is 0 Å². The van der Waals surface area contributed by atoms with Crippen molar-refractivity contribution in [1.29, 1.82) is 0 Å². The number of ether oxygens (including phenoxy) is 2. The fourth-order valence-electron chi connectivity index (χ4n) is 2.32. The molecule has 0 heterocycles. The van der Waals surface area contributed by atoms with Gasteiger partial charge in [-0.3, -0.25) is 9.59 Å². The molecule has 0 saturated carbocycles. The first-order valence-corrected chi connectivity index (χ1v) is 9.85. The van der Waals surface area contributed by atoms with Crippen LogP contribution in [0.5, 0.6) is 5.75 Å². The lowest BCUT2D eigenvalue weighted by Gasteiger charge is -2.11. The van der Waals surface area contributed by atoms with Crippen molar-refractivity contribution in [3.05, 3.63) is 69.2 Å². The molecule has 0 aliphatic carbocycles. The zero-order valence-electron chi connectivity index (χ0n) is 15.4. The second kappa shape index (κ2) is 11.5. The minimum atomic E-state index is -0.292. The fraction of sp³-hybridized carbons (Fsp3) is 0.238.